The van der Waals surface area contributed by atoms with Crippen molar-refractivity contribution in [2.45, 2.75) is 25.8 Å². The average Bonchev–Trinajstić information content (AvgIpc) is 2.56. The fraction of sp³-hybridized carbons (Fsp3) is 0.700. The van der Waals surface area contributed by atoms with E-state index in [-0.39, 0.29) is 11.8 Å². The summed E-state index contributed by atoms with van der Waals surface area (Å²) in [5.74, 6) is 0.177. The summed E-state index contributed by atoms with van der Waals surface area (Å²) in [5.41, 5.74) is 6.53. The Hall–Kier alpha value is -0.660. The minimum atomic E-state index is -2.90. The van der Waals surface area contributed by atoms with Crippen LogP contribution in [0.25, 0.3) is 0 Å². The zero-order valence-electron chi connectivity index (χ0n) is 10.1. The van der Waals surface area contributed by atoms with Gasteiger partial charge in [0.05, 0.1) is 11.4 Å². The van der Waals surface area contributed by atoms with Crippen LogP contribution in [0.4, 0.5) is 5.13 Å². The molecule has 0 saturated heterocycles. The fourth-order valence-electron chi connectivity index (χ4n) is 1.57. The predicted molar refractivity (Wildman–Crippen MR) is 72.0 cm³/mol. The Balaban J connectivity index is 2.16. The van der Waals surface area contributed by atoms with E-state index in [9.17, 15) is 8.42 Å². The highest BCUT2D eigenvalue weighted by atomic mass is 32.2. The van der Waals surface area contributed by atoms with Crippen molar-refractivity contribution < 1.29 is 8.42 Å². The minimum absolute atomic E-state index is 0.00879. The van der Waals surface area contributed by atoms with Gasteiger partial charge in [-0.15, -0.1) is 11.3 Å². The minimum Gasteiger partial charge on any atom is -0.375 e. The number of aryl methyl sites for hydroxylation is 1. The summed E-state index contributed by atoms with van der Waals surface area (Å²) in [7, 11) is -2.90. The molecule has 1 aromatic heterocycles. The van der Waals surface area contributed by atoms with Crippen molar-refractivity contribution in [2.75, 3.05) is 24.3 Å². The Morgan fingerprint density at radius 2 is 2.29 bits per heavy atom. The first-order valence-corrected chi connectivity index (χ1v) is 8.42. The molecule has 7 heteroatoms. The van der Waals surface area contributed by atoms with Crippen LogP contribution in [0.1, 0.15) is 19.0 Å². The summed E-state index contributed by atoms with van der Waals surface area (Å²) in [5, 5.41) is 5.73. The number of sulfone groups is 1. The van der Waals surface area contributed by atoms with Gasteiger partial charge >= 0.3 is 0 Å². The number of nitrogens with zero attached hydrogens (tertiary/aromatic N) is 1. The number of anilines is 1. The lowest BCUT2D eigenvalue weighted by molar-refractivity contribution is 0.550. The topological polar surface area (TPSA) is 85.1 Å². The van der Waals surface area contributed by atoms with Crippen molar-refractivity contribution in [2.24, 2.45) is 0 Å². The normalized spacial score (nSPS) is 13.8. The third-order valence-electron chi connectivity index (χ3n) is 2.22. The lowest BCUT2D eigenvalue weighted by Crippen LogP contribution is -2.33. The number of nitrogen functional groups attached to an aromatic ring is 1. The fourth-order valence-corrected chi connectivity index (χ4v) is 3.19. The monoisotopic (exact) mass is 277 g/mol. The highest BCUT2D eigenvalue weighted by molar-refractivity contribution is 7.90. The van der Waals surface area contributed by atoms with E-state index in [2.05, 4.69) is 10.3 Å². The van der Waals surface area contributed by atoms with Gasteiger partial charge in [0.1, 0.15) is 9.84 Å². The van der Waals surface area contributed by atoms with Gasteiger partial charge in [0.15, 0.2) is 5.13 Å². The van der Waals surface area contributed by atoms with Crippen molar-refractivity contribution >= 4 is 26.3 Å². The maximum Gasteiger partial charge on any atom is 0.180 e. The van der Waals surface area contributed by atoms with Crippen molar-refractivity contribution in [3.63, 3.8) is 0 Å². The second-order valence-electron chi connectivity index (χ2n) is 4.23. The van der Waals surface area contributed by atoms with E-state index >= 15 is 0 Å². The van der Waals surface area contributed by atoms with E-state index in [1.165, 1.54) is 17.6 Å². The van der Waals surface area contributed by atoms with Crippen LogP contribution in [-0.2, 0) is 16.3 Å². The molecule has 0 aromatic carbocycles. The molecule has 1 atom stereocenters. The molecule has 0 saturated carbocycles. The summed E-state index contributed by atoms with van der Waals surface area (Å²) < 4.78 is 22.1. The lowest BCUT2D eigenvalue weighted by atomic mass is 10.2. The Labute approximate surface area is 106 Å². The molecule has 0 aliphatic rings. The highest BCUT2D eigenvalue weighted by Crippen LogP contribution is 2.12. The van der Waals surface area contributed by atoms with E-state index in [4.69, 9.17) is 5.73 Å². The lowest BCUT2D eigenvalue weighted by Gasteiger charge is -2.11. The van der Waals surface area contributed by atoms with Gasteiger partial charge in [0.25, 0.3) is 0 Å². The molecule has 17 heavy (non-hydrogen) atoms. The van der Waals surface area contributed by atoms with E-state index < -0.39 is 9.84 Å². The van der Waals surface area contributed by atoms with Gasteiger partial charge in [-0.3, -0.25) is 0 Å². The van der Waals surface area contributed by atoms with Crippen LogP contribution in [-0.4, -0.2) is 38.0 Å². The molecule has 1 unspecified atom stereocenters. The largest absolute Gasteiger partial charge is 0.375 e. The number of hydrogen-bond acceptors (Lipinski definition) is 6. The average molecular weight is 277 g/mol. The Morgan fingerprint density at radius 3 is 2.82 bits per heavy atom. The van der Waals surface area contributed by atoms with E-state index in [0.29, 0.717) is 5.13 Å². The molecule has 0 bridgehead atoms. The van der Waals surface area contributed by atoms with E-state index in [1.54, 1.807) is 0 Å². The van der Waals surface area contributed by atoms with Crippen molar-refractivity contribution in [1.82, 2.24) is 10.3 Å². The molecular formula is C10H19N3O2S2. The number of aromatic nitrogens is 1. The summed E-state index contributed by atoms with van der Waals surface area (Å²) in [6.45, 7) is 2.66. The van der Waals surface area contributed by atoms with Crippen molar-refractivity contribution in [3.8, 4) is 0 Å². The molecular weight excluding hydrogens is 258 g/mol. The Bertz CT molecular complexity index is 442. The van der Waals surface area contributed by atoms with Gasteiger partial charge < -0.3 is 11.1 Å². The molecule has 1 aromatic rings. The molecule has 98 valence electrons. The van der Waals surface area contributed by atoms with Gasteiger partial charge in [-0.2, -0.15) is 0 Å². The molecule has 1 rings (SSSR count). The van der Waals surface area contributed by atoms with Crippen LogP contribution in [0, 0.1) is 0 Å². The van der Waals surface area contributed by atoms with Gasteiger partial charge in [-0.25, -0.2) is 13.4 Å². The number of rotatable bonds is 7. The zero-order valence-corrected chi connectivity index (χ0v) is 11.8. The summed E-state index contributed by atoms with van der Waals surface area (Å²) >= 11 is 1.44. The van der Waals surface area contributed by atoms with Crippen LogP contribution in [0.5, 0.6) is 0 Å². The Morgan fingerprint density at radius 1 is 1.59 bits per heavy atom. The number of nitrogens with one attached hydrogen (secondary N) is 1. The molecule has 0 spiro atoms. The van der Waals surface area contributed by atoms with Crippen molar-refractivity contribution in [3.05, 3.63) is 11.1 Å². The Kier molecular flexibility index (Phi) is 5.35. The second kappa shape index (κ2) is 6.32. The van der Waals surface area contributed by atoms with Crippen molar-refractivity contribution in [1.29, 1.82) is 0 Å². The standard InChI is InChI=1S/C10H19N3O2S2/c1-8(7-17(2,14)15)12-5-3-4-9-6-16-10(11)13-9/h6,8,12H,3-5,7H2,1-2H3,(H2,11,13). The maximum atomic E-state index is 11.0. The number of hydrogen-bond donors (Lipinski definition) is 2. The number of nitrogens with two attached hydrogens (primary N) is 1. The molecule has 5 nitrogen and oxygen atoms in total. The summed E-state index contributed by atoms with van der Waals surface area (Å²) in [6.07, 6.45) is 3.05. The molecule has 0 aliphatic heterocycles. The van der Waals surface area contributed by atoms with E-state index in [1.807, 2.05) is 12.3 Å². The SMILES string of the molecule is CC(CS(C)(=O)=O)NCCCc1csc(N)n1. The smallest absolute Gasteiger partial charge is 0.180 e. The molecule has 0 aliphatic carbocycles. The maximum absolute atomic E-state index is 11.0. The zero-order chi connectivity index (χ0) is 12.9. The van der Waals surface area contributed by atoms with Crippen LogP contribution < -0.4 is 11.1 Å². The molecule has 0 radical (unpaired) electrons. The van der Waals surface area contributed by atoms with Gasteiger partial charge in [0.2, 0.25) is 0 Å². The second-order valence-corrected chi connectivity index (χ2v) is 7.30. The third-order valence-corrected chi connectivity index (χ3v) is 4.05. The van der Waals surface area contributed by atoms with Crippen LogP contribution in [0.3, 0.4) is 0 Å². The first kappa shape index (κ1) is 14.4. The van der Waals surface area contributed by atoms with E-state index in [0.717, 1.165) is 25.1 Å². The predicted octanol–water partition coefficient (Wildman–Crippen LogP) is 0.681. The number of thiazole rings is 1. The van der Waals surface area contributed by atoms with Crippen LogP contribution in [0.2, 0.25) is 0 Å². The third kappa shape index (κ3) is 6.60. The molecule has 0 fully saturated rings. The molecule has 3 N–H and O–H groups in total. The van der Waals surface area contributed by atoms with Crippen LogP contribution >= 0.6 is 11.3 Å². The van der Waals surface area contributed by atoms with Gasteiger partial charge in [-0.05, 0) is 26.3 Å². The molecule has 0 amide bonds. The molecule has 1 heterocycles. The summed E-state index contributed by atoms with van der Waals surface area (Å²) in [4.78, 5) is 4.16. The van der Waals surface area contributed by atoms with Gasteiger partial charge in [-0.1, -0.05) is 0 Å². The quantitative estimate of drug-likeness (QED) is 0.716. The highest BCUT2D eigenvalue weighted by Gasteiger charge is 2.09. The van der Waals surface area contributed by atoms with Gasteiger partial charge in [0, 0.05) is 17.7 Å². The van der Waals surface area contributed by atoms with Crippen LogP contribution in [0.15, 0.2) is 5.38 Å². The summed E-state index contributed by atoms with van der Waals surface area (Å²) in [6, 6.07) is -0.00879. The first-order valence-electron chi connectivity index (χ1n) is 5.48. The first-order chi connectivity index (χ1) is 7.87.